The van der Waals surface area contributed by atoms with Gasteiger partial charge in [-0.15, -0.1) is 0 Å². The zero-order valence-electron chi connectivity index (χ0n) is 7.45. The summed E-state index contributed by atoms with van der Waals surface area (Å²) in [5, 5.41) is 0. The van der Waals surface area contributed by atoms with Crippen LogP contribution in [-0.4, -0.2) is 24.1 Å². The molecule has 74 valence electrons. The zero-order valence-corrected chi connectivity index (χ0v) is 8.26. The molecule has 0 aliphatic rings. The van der Waals surface area contributed by atoms with Gasteiger partial charge in [0.25, 0.3) is 0 Å². The number of hydrogen-bond donors (Lipinski definition) is 2. The number of aromatic amines is 1. The molecule has 2 N–H and O–H groups in total. The Hall–Kier alpha value is -0.880. The van der Waals surface area contributed by atoms with Gasteiger partial charge < -0.3 is 4.98 Å². The number of aromatic nitrogens is 2. The van der Waals surface area contributed by atoms with Gasteiger partial charge in [0.1, 0.15) is 5.82 Å². The zero-order chi connectivity index (χ0) is 9.73. The fourth-order valence-corrected chi connectivity index (χ4v) is 1.95. The first-order valence-corrected chi connectivity index (χ1v) is 5.75. The van der Waals surface area contributed by atoms with E-state index in [0.29, 0.717) is 12.2 Å². The lowest BCUT2D eigenvalue weighted by Crippen LogP contribution is -2.26. The van der Waals surface area contributed by atoms with Crippen LogP contribution in [0.2, 0.25) is 0 Å². The van der Waals surface area contributed by atoms with Crippen molar-refractivity contribution in [1.29, 1.82) is 0 Å². The molecule has 1 heterocycles. The first-order chi connectivity index (χ1) is 6.14. The van der Waals surface area contributed by atoms with Gasteiger partial charge in [0.2, 0.25) is 10.0 Å². The average Bonchev–Trinajstić information content (AvgIpc) is 2.52. The van der Waals surface area contributed by atoms with Crippen LogP contribution in [0, 0.1) is 0 Å². The molecule has 0 aliphatic heterocycles. The molecule has 0 amide bonds. The summed E-state index contributed by atoms with van der Waals surface area (Å²) in [6.45, 7) is 2.06. The molecule has 6 heteroatoms. The van der Waals surface area contributed by atoms with E-state index in [9.17, 15) is 8.42 Å². The SMILES string of the molecule is CCCS(=O)(=O)NCc1ncc[nH]1. The second-order valence-electron chi connectivity index (χ2n) is 2.68. The van der Waals surface area contributed by atoms with Crippen molar-refractivity contribution in [2.75, 3.05) is 5.75 Å². The quantitative estimate of drug-likeness (QED) is 0.719. The van der Waals surface area contributed by atoms with Gasteiger partial charge in [0.15, 0.2) is 0 Å². The van der Waals surface area contributed by atoms with Crippen LogP contribution in [0.15, 0.2) is 12.4 Å². The molecule has 0 spiro atoms. The molecule has 1 aromatic rings. The number of nitrogens with one attached hydrogen (secondary N) is 2. The number of imidazole rings is 1. The van der Waals surface area contributed by atoms with Gasteiger partial charge in [0.05, 0.1) is 12.3 Å². The Bertz CT molecular complexity index is 331. The maximum absolute atomic E-state index is 11.2. The second-order valence-corrected chi connectivity index (χ2v) is 4.60. The largest absolute Gasteiger partial charge is 0.347 e. The van der Waals surface area contributed by atoms with Gasteiger partial charge in [0, 0.05) is 12.4 Å². The highest BCUT2D eigenvalue weighted by Gasteiger charge is 2.07. The van der Waals surface area contributed by atoms with E-state index >= 15 is 0 Å². The van der Waals surface area contributed by atoms with E-state index in [1.54, 1.807) is 12.4 Å². The molecule has 13 heavy (non-hydrogen) atoms. The fraction of sp³-hybridized carbons (Fsp3) is 0.571. The second kappa shape index (κ2) is 4.38. The van der Waals surface area contributed by atoms with Crippen molar-refractivity contribution in [3.05, 3.63) is 18.2 Å². The van der Waals surface area contributed by atoms with Crippen molar-refractivity contribution in [2.45, 2.75) is 19.9 Å². The Morgan fingerprint density at radius 3 is 2.92 bits per heavy atom. The molecule has 1 aromatic heterocycles. The van der Waals surface area contributed by atoms with Crippen LogP contribution in [-0.2, 0) is 16.6 Å². The fourth-order valence-electron chi connectivity index (χ4n) is 0.914. The lowest BCUT2D eigenvalue weighted by Gasteiger charge is -2.02. The third kappa shape index (κ3) is 3.56. The molecule has 0 aromatic carbocycles. The molecule has 0 bridgehead atoms. The van der Waals surface area contributed by atoms with Crippen LogP contribution in [0.4, 0.5) is 0 Å². The summed E-state index contributed by atoms with van der Waals surface area (Å²) in [5.41, 5.74) is 0. The van der Waals surface area contributed by atoms with Crippen molar-refractivity contribution in [3.8, 4) is 0 Å². The number of nitrogens with zero attached hydrogens (tertiary/aromatic N) is 1. The number of H-pyrrole nitrogens is 1. The molecular formula is C7H13N3O2S. The maximum Gasteiger partial charge on any atom is 0.211 e. The van der Waals surface area contributed by atoms with Crippen LogP contribution < -0.4 is 4.72 Å². The topological polar surface area (TPSA) is 74.8 Å². The van der Waals surface area contributed by atoms with Crippen molar-refractivity contribution in [1.82, 2.24) is 14.7 Å². The standard InChI is InChI=1S/C7H13N3O2S/c1-2-5-13(11,12)10-6-7-8-3-4-9-7/h3-4,10H,2,5-6H2,1H3,(H,8,9). The third-order valence-corrected chi connectivity index (χ3v) is 3.02. The van der Waals surface area contributed by atoms with Crippen LogP contribution in [0.5, 0.6) is 0 Å². The minimum absolute atomic E-state index is 0.160. The highest BCUT2D eigenvalue weighted by Crippen LogP contribution is 1.92. The molecule has 5 nitrogen and oxygen atoms in total. The lowest BCUT2D eigenvalue weighted by atomic mass is 10.6. The minimum atomic E-state index is -3.12. The highest BCUT2D eigenvalue weighted by molar-refractivity contribution is 7.89. The summed E-state index contributed by atoms with van der Waals surface area (Å²) in [6, 6.07) is 0. The van der Waals surface area contributed by atoms with Gasteiger partial charge >= 0.3 is 0 Å². The molecule has 0 atom stereocenters. The molecule has 0 radical (unpaired) electrons. The Labute approximate surface area is 77.6 Å². The van der Waals surface area contributed by atoms with Crippen molar-refractivity contribution in [3.63, 3.8) is 0 Å². The van der Waals surface area contributed by atoms with Crippen LogP contribution in [0.3, 0.4) is 0 Å². The van der Waals surface area contributed by atoms with E-state index in [1.807, 2.05) is 6.92 Å². The summed E-state index contributed by atoms with van der Waals surface area (Å²) in [7, 11) is -3.12. The van der Waals surface area contributed by atoms with Gasteiger partial charge in [-0.25, -0.2) is 18.1 Å². The van der Waals surface area contributed by atoms with E-state index in [0.717, 1.165) is 0 Å². The summed E-state index contributed by atoms with van der Waals surface area (Å²) in [6.07, 6.45) is 3.86. The monoisotopic (exact) mass is 203 g/mol. The van der Waals surface area contributed by atoms with E-state index in [-0.39, 0.29) is 12.3 Å². The first kappa shape index (κ1) is 10.2. The Morgan fingerprint density at radius 2 is 2.38 bits per heavy atom. The summed E-state index contributed by atoms with van der Waals surface area (Å²) < 4.78 is 24.8. The molecule has 0 saturated carbocycles. The summed E-state index contributed by atoms with van der Waals surface area (Å²) >= 11 is 0. The van der Waals surface area contributed by atoms with Gasteiger partial charge in [-0.3, -0.25) is 0 Å². The Balaban J connectivity index is 2.43. The van der Waals surface area contributed by atoms with Crippen molar-refractivity contribution < 1.29 is 8.42 Å². The Morgan fingerprint density at radius 1 is 1.62 bits per heavy atom. The summed E-state index contributed by atoms with van der Waals surface area (Å²) in [4.78, 5) is 6.71. The van der Waals surface area contributed by atoms with Gasteiger partial charge in [-0.05, 0) is 6.42 Å². The van der Waals surface area contributed by atoms with Crippen LogP contribution in [0.1, 0.15) is 19.2 Å². The average molecular weight is 203 g/mol. The normalized spacial score (nSPS) is 11.8. The van der Waals surface area contributed by atoms with Crippen molar-refractivity contribution >= 4 is 10.0 Å². The molecule has 0 aliphatic carbocycles. The first-order valence-electron chi connectivity index (χ1n) is 4.09. The third-order valence-electron chi connectivity index (χ3n) is 1.49. The highest BCUT2D eigenvalue weighted by atomic mass is 32.2. The molecule has 0 unspecified atom stereocenters. The smallest absolute Gasteiger partial charge is 0.211 e. The Kier molecular flexibility index (Phi) is 3.44. The number of rotatable bonds is 5. The van der Waals surface area contributed by atoms with Crippen molar-refractivity contribution in [2.24, 2.45) is 0 Å². The molecule has 0 fully saturated rings. The lowest BCUT2D eigenvalue weighted by molar-refractivity contribution is 0.578. The predicted octanol–water partition coefficient (Wildman–Crippen LogP) is 0.239. The minimum Gasteiger partial charge on any atom is -0.347 e. The van der Waals surface area contributed by atoms with E-state index in [2.05, 4.69) is 14.7 Å². The van der Waals surface area contributed by atoms with E-state index in [4.69, 9.17) is 0 Å². The van der Waals surface area contributed by atoms with Crippen LogP contribution >= 0.6 is 0 Å². The molecular weight excluding hydrogens is 190 g/mol. The van der Waals surface area contributed by atoms with E-state index < -0.39 is 10.0 Å². The molecule has 1 rings (SSSR count). The number of hydrogen-bond acceptors (Lipinski definition) is 3. The van der Waals surface area contributed by atoms with Gasteiger partial charge in [-0.1, -0.05) is 6.92 Å². The van der Waals surface area contributed by atoms with Crippen LogP contribution in [0.25, 0.3) is 0 Å². The summed E-state index contributed by atoms with van der Waals surface area (Å²) in [5.74, 6) is 0.785. The van der Waals surface area contributed by atoms with Gasteiger partial charge in [-0.2, -0.15) is 0 Å². The number of sulfonamides is 1. The predicted molar refractivity (Wildman–Crippen MR) is 49.5 cm³/mol. The maximum atomic E-state index is 11.2. The molecule has 0 saturated heterocycles. The van der Waals surface area contributed by atoms with E-state index in [1.165, 1.54) is 0 Å².